The van der Waals surface area contributed by atoms with E-state index in [4.69, 9.17) is 11.6 Å². The Morgan fingerprint density at radius 1 is 1.37 bits per heavy atom. The number of thiazole rings is 1. The van der Waals surface area contributed by atoms with Crippen LogP contribution < -0.4 is 0 Å². The van der Waals surface area contributed by atoms with Crippen molar-refractivity contribution in [3.8, 4) is 0 Å². The lowest BCUT2D eigenvalue weighted by molar-refractivity contribution is 0.774. The number of para-hydroxylation sites is 1. The molecular formula is C12H11ClN4S2. The van der Waals surface area contributed by atoms with Crippen LogP contribution in [-0.2, 0) is 0 Å². The van der Waals surface area contributed by atoms with E-state index in [0.717, 1.165) is 20.4 Å². The minimum absolute atomic E-state index is 0.326. The Kier molecular flexibility index (Phi) is 3.47. The maximum atomic E-state index is 6.12. The molecule has 0 saturated heterocycles. The second-order valence-corrected chi connectivity index (χ2v) is 6.96. The fourth-order valence-corrected chi connectivity index (χ4v) is 3.74. The van der Waals surface area contributed by atoms with Crippen molar-refractivity contribution in [1.29, 1.82) is 0 Å². The third kappa shape index (κ3) is 2.61. The molecule has 98 valence electrons. The summed E-state index contributed by atoms with van der Waals surface area (Å²) in [7, 11) is 0. The molecule has 0 saturated carbocycles. The minimum Gasteiger partial charge on any atom is -0.226 e. The van der Waals surface area contributed by atoms with E-state index in [2.05, 4.69) is 28.9 Å². The van der Waals surface area contributed by atoms with E-state index in [9.17, 15) is 0 Å². The summed E-state index contributed by atoms with van der Waals surface area (Å²) in [4.78, 5) is 8.79. The first-order chi connectivity index (χ1) is 9.13. The van der Waals surface area contributed by atoms with Gasteiger partial charge in [0.05, 0.1) is 9.72 Å². The molecule has 2 heterocycles. The zero-order valence-electron chi connectivity index (χ0n) is 10.4. The second-order valence-electron chi connectivity index (χ2n) is 4.32. The minimum atomic E-state index is 0.326. The average molecular weight is 311 g/mol. The monoisotopic (exact) mass is 310 g/mol. The highest BCUT2D eigenvalue weighted by Crippen LogP contribution is 2.33. The lowest BCUT2D eigenvalue weighted by atomic mass is 10.2. The molecule has 3 aromatic rings. The summed E-state index contributed by atoms with van der Waals surface area (Å²) in [5.74, 6) is 1.17. The summed E-state index contributed by atoms with van der Waals surface area (Å²) < 4.78 is 3.73. The van der Waals surface area contributed by atoms with E-state index in [1.54, 1.807) is 21.8 Å². The first-order valence-corrected chi connectivity index (χ1v) is 7.75. The number of hydrogen-bond donors (Lipinski definition) is 0. The quantitative estimate of drug-likeness (QED) is 0.726. The van der Waals surface area contributed by atoms with Crippen LogP contribution in [0.1, 0.15) is 25.6 Å². The summed E-state index contributed by atoms with van der Waals surface area (Å²) in [5.41, 5.74) is 0.848. The molecule has 0 unspecified atom stereocenters. The van der Waals surface area contributed by atoms with Crippen LogP contribution in [0.4, 0.5) is 0 Å². The Morgan fingerprint density at radius 3 is 2.89 bits per heavy atom. The van der Waals surface area contributed by atoms with Gasteiger partial charge in [0, 0.05) is 17.9 Å². The summed E-state index contributed by atoms with van der Waals surface area (Å²) in [6.07, 6.45) is 1.72. The first-order valence-electron chi connectivity index (χ1n) is 5.78. The maximum absolute atomic E-state index is 6.12. The van der Waals surface area contributed by atoms with E-state index in [1.807, 2.05) is 18.2 Å². The van der Waals surface area contributed by atoms with E-state index in [-0.39, 0.29) is 0 Å². The molecule has 0 aliphatic heterocycles. The zero-order valence-corrected chi connectivity index (χ0v) is 12.8. The predicted octanol–water partition coefficient (Wildman–Crippen LogP) is 4.22. The Bertz CT molecular complexity index is 719. The fourth-order valence-electron chi connectivity index (χ4n) is 1.58. The van der Waals surface area contributed by atoms with Gasteiger partial charge in [0.2, 0.25) is 0 Å². The normalized spacial score (nSPS) is 11.6. The standard InChI is InChI=1S/C12H11ClN4S2/c1-7(2)11-14-6-17(16-11)19-12-15-10-8(13)4-3-5-9(10)18-12/h3-7H,1-2H3. The number of nitrogens with zero attached hydrogens (tertiary/aromatic N) is 4. The van der Waals surface area contributed by atoms with Crippen LogP contribution in [0.3, 0.4) is 0 Å². The molecule has 19 heavy (non-hydrogen) atoms. The van der Waals surface area contributed by atoms with Crippen molar-refractivity contribution in [1.82, 2.24) is 19.2 Å². The number of benzene rings is 1. The second kappa shape index (κ2) is 5.11. The molecule has 0 amide bonds. The van der Waals surface area contributed by atoms with Gasteiger partial charge in [-0.15, -0.1) is 16.4 Å². The van der Waals surface area contributed by atoms with Gasteiger partial charge in [-0.25, -0.2) is 9.97 Å². The Labute approximate surface area is 124 Å². The highest BCUT2D eigenvalue weighted by molar-refractivity contribution is 7.99. The summed E-state index contributed by atoms with van der Waals surface area (Å²) in [6, 6.07) is 5.80. The first kappa shape index (κ1) is 12.9. The van der Waals surface area contributed by atoms with Crippen molar-refractivity contribution in [2.24, 2.45) is 0 Å². The maximum Gasteiger partial charge on any atom is 0.173 e. The number of aromatic nitrogens is 4. The molecule has 0 radical (unpaired) electrons. The van der Waals surface area contributed by atoms with Gasteiger partial charge in [0.25, 0.3) is 0 Å². The third-order valence-electron chi connectivity index (χ3n) is 2.53. The van der Waals surface area contributed by atoms with Crippen LogP contribution in [0.5, 0.6) is 0 Å². The van der Waals surface area contributed by atoms with Gasteiger partial charge in [0.15, 0.2) is 10.2 Å². The summed E-state index contributed by atoms with van der Waals surface area (Å²) in [6.45, 7) is 4.14. The van der Waals surface area contributed by atoms with Crippen LogP contribution in [0.15, 0.2) is 28.9 Å². The molecule has 0 aliphatic carbocycles. The average Bonchev–Trinajstić information content (AvgIpc) is 2.96. The van der Waals surface area contributed by atoms with Gasteiger partial charge >= 0.3 is 0 Å². The number of fused-ring (bicyclic) bond motifs is 1. The van der Waals surface area contributed by atoms with E-state index in [1.165, 1.54) is 11.9 Å². The van der Waals surface area contributed by atoms with Crippen molar-refractivity contribution in [2.75, 3.05) is 0 Å². The molecule has 3 rings (SSSR count). The molecular weight excluding hydrogens is 300 g/mol. The van der Waals surface area contributed by atoms with E-state index < -0.39 is 0 Å². The van der Waals surface area contributed by atoms with Gasteiger partial charge in [-0.2, -0.15) is 4.09 Å². The van der Waals surface area contributed by atoms with Gasteiger partial charge < -0.3 is 0 Å². The number of rotatable bonds is 3. The molecule has 1 aromatic carbocycles. The largest absolute Gasteiger partial charge is 0.226 e. The van der Waals surface area contributed by atoms with Crippen LogP contribution in [0, 0.1) is 0 Å². The zero-order chi connectivity index (χ0) is 13.4. The van der Waals surface area contributed by atoms with E-state index >= 15 is 0 Å². The van der Waals surface area contributed by atoms with Crippen molar-refractivity contribution in [3.63, 3.8) is 0 Å². The van der Waals surface area contributed by atoms with Crippen molar-refractivity contribution < 1.29 is 0 Å². The van der Waals surface area contributed by atoms with Crippen LogP contribution in [0.25, 0.3) is 10.2 Å². The molecule has 4 nitrogen and oxygen atoms in total. The topological polar surface area (TPSA) is 43.6 Å². The lowest BCUT2D eigenvalue weighted by Crippen LogP contribution is -1.92. The molecule has 0 atom stereocenters. The molecule has 0 bridgehead atoms. The van der Waals surface area contributed by atoms with Gasteiger partial charge in [-0.05, 0) is 12.1 Å². The van der Waals surface area contributed by atoms with Gasteiger partial charge in [-0.3, -0.25) is 0 Å². The molecule has 0 fully saturated rings. The number of hydrogen-bond acceptors (Lipinski definition) is 5. The van der Waals surface area contributed by atoms with Crippen LogP contribution >= 0.6 is 34.9 Å². The lowest BCUT2D eigenvalue weighted by Gasteiger charge is -1.96. The van der Waals surface area contributed by atoms with Crippen molar-refractivity contribution >= 4 is 45.1 Å². The highest BCUT2D eigenvalue weighted by atomic mass is 35.5. The molecule has 0 aliphatic rings. The van der Waals surface area contributed by atoms with Crippen LogP contribution in [0.2, 0.25) is 5.02 Å². The third-order valence-corrected chi connectivity index (χ3v) is 4.73. The smallest absolute Gasteiger partial charge is 0.173 e. The predicted molar refractivity (Wildman–Crippen MR) is 80.0 cm³/mol. The van der Waals surface area contributed by atoms with E-state index in [0.29, 0.717) is 10.9 Å². The molecule has 0 N–H and O–H groups in total. The SMILES string of the molecule is CC(C)c1ncn(Sc2nc3c(Cl)cccc3s2)n1. The fraction of sp³-hybridized carbons (Fsp3) is 0.250. The van der Waals surface area contributed by atoms with Crippen LogP contribution in [-0.4, -0.2) is 19.2 Å². The van der Waals surface area contributed by atoms with Gasteiger partial charge in [-0.1, -0.05) is 31.5 Å². The summed E-state index contributed by atoms with van der Waals surface area (Å²) in [5, 5.41) is 5.08. The van der Waals surface area contributed by atoms with Crippen molar-refractivity contribution in [3.05, 3.63) is 35.4 Å². The molecule has 7 heteroatoms. The Balaban J connectivity index is 1.90. The Morgan fingerprint density at radius 2 is 2.21 bits per heavy atom. The van der Waals surface area contributed by atoms with Crippen molar-refractivity contribution in [2.45, 2.75) is 24.1 Å². The Hall–Kier alpha value is -1.11. The molecule has 2 aromatic heterocycles. The van der Waals surface area contributed by atoms with Gasteiger partial charge in [0.1, 0.15) is 11.8 Å². The number of halogens is 1. The molecule has 0 spiro atoms. The summed E-state index contributed by atoms with van der Waals surface area (Å²) >= 11 is 9.17. The highest BCUT2D eigenvalue weighted by Gasteiger charge is 2.10.